The molecule has 1 aromatic heterocycles. The Morgan fingerprint density at radius 3 is 2.67 bits per heavy atom. The second kappa shape index (κ2) is 7.55. The van der Waals surface area contributed by atoms with Gasteiger partial charge in [-0.2, -0.15) is 5.10 Å². The van der Waals surface area contributed by atoms with E-state index in [-0.39, 0.29) is 17.9 Å². The van der Waals surface area contributed by atoms with Crippen LogP contribution >= 0.6 is 0 Å². The molecule has 0 spiro atoms. The number of amides is 2. The Morgan fingerprint density at radius 2 is 1.83 bits per heavy atom. The second-order valence-electron chi connectivity index (χ2n) is 7.30. The first-order chi connectivity index (χ1) is 14.7. The summed E-state index contributed by atoms with van der Waals surface area (Å²) < 4.78 is 11.2. The van der Waals surface area contributed by atoms with Gasteiger partial charge in [0.25, 0.3) is 11.8 Å². The van der Waals surface area contributed by atoms with Gasteiger partial charge in [-0.3, -0.25) is 14.7 Å². The normalized spacial score (nSPS) is 14.8. The van der Waals surface area contributed by atoms with Crippen molar-refractivity contribution in [1.29, 1.82) is 0 Å². The molecule has 8 heteroatoms. The highest BCUT2D eigenvalue weighted by Gasteiger charge is 2.24. The predicted octanol–water partition coefficient (Wildman–Crippen LogP) is 2.99. The van der Waals surface area contributed by atoms with Gasteiger partial charge < -0.3 is 20.1 Å². The minimum atomic E-state index is -0.326. The molecular weight excluding hydrogens is 384 g/mol. The third-order valence-electron chi connectivity index (χ3n) is 5.01. The van der Waals surface area contributed by atoms with Gasteiger partial charge in [-0.25, -0.2) is 0 Å². The lowest BCUT2D eigenvalue weighted by atomic mass is 10.1. The van der Waals surface area contributed by atoms with E-state index in [1.807, 2.05) is 18.2 Å². The van der Waals surface area contributed by atoms with Crippen molar-refractivity contribution in [2.24, 2.45) is 0 Å². The standard InChI is InChI=1S/C22H20N4O4/c27-21(24-15-5-6-15)14-2-1-3-16(10-14)25-22(28)17-12-23-26-20(17)13-4-7-18-19(11-13)30-9-8-29-18/h1-4,7,10-12,15H,5-6,8-9H2,(H,23,26)(H,24,27)(H,25,28). The molecule has 2 aliphatic rings. The Hall–Kier alpha value is -3.81. The highest BCUT2D eigenvalue weighted by Crippen LogP contribution is 2.35. The molecule has 0 saturated heterocycles. The van der Waals surface area contributed by atoms with Gasteiger partial charge in [0.05, 0.1) is 17.5 Å². The molecule has 1 fully saturated rings. The number of nitrogens with one attached hydrogen (secondary N) is 3. The van der Waals surface area contributed by atoms with Crippen LogP contribution < -0.4 is 20.1 Å². The third kappa shape index (κ3) is 3.71. The van der Waals surface area contributed by atoms with Crippen molar-refractivity contribution >= 4 is 17.5 Å². The first-order valence-electron chi connectivity index (χ1n) is 9.83. The zero-order valence-electron chi connectivity index (χ0n) is 16.1. The van der Waals surface area contributed by atoms with Crippen molar-refractivity contribution in [2.45, 2.75) is 18.9 Å². The quantitative estimate of drug-likeness (QED) is 0.606. The number of anilines is 1. The monoisotopic (exact) mass is 404 g/mol. The van der Waals surface area contributed by atoms with Crippen LogP contribution in [0.1, 0.15) is 33.6 Å². The molecule has 1 aliphatic carbocycles. The van der Waals surface area contributed by atoms with Crippen molar-refractivity contribution in [1.82, 2.24) is 15.5 Å². The fourth-order valence-electron chi connectivity index (χ4n) is 3.31. The first-order valence-corrected chi connectivity index (χ1v) is 9.83. The van der Waals surface area contributed by atoms with E-state index < -0.39 is 0 Å². The van der Waals surface area contributed by atoms with Gasteiger partial charge >= 0.3 is 0 Å². The highest BCUT2D eigenvalue weighted by molar-refractivity contribution is 6.08. The molecule has 0 atom stereocenters. The highest BCUT2D eigenvalue weighted by atomic mass is 16.6. The molecule has 0 radical (unpaired) electrons. The van der Waals surface area contributed by atoms with Crippen molar-refractivity contribution in [3.8, 4) is 22.8 Å². The summed E-state index contributed by atoms with van der Waals surface area (Å²) in [6.07, 6.45) is 3.52. The Labute approximate surface area is 172 Å². The average molecular weight is 404 g/mol. The number of fused-ring (bicyclic) bond motifs is 1. The average Bonchev–Trinajstić information content (AvgIpc) is 3.44. The van der Waals surface area contributed by atoms with E-state index in [0.717, 1.165) is 18.4 Å². The SMILES string of the molecule is O=C(NC1CC1)c1cccc(NC(=O)c2cn[nH]c2-c2ccc3c(c2)OCCO3)c1. The number of H-pyrrole nitrogens is 1. The van der Waals surface area contributed by atoms with Crippen molar-refractivity contribution in [3.63, 3.8) is 0 Å². The summed E-state index contributed by atoms with van der Waals surface area (Å²) in [5, 5.41) is 12.7. The van der Waals surface area contributed by atoms with Crippen LogP contribution in [-0.4, -0.2) is 41.3 Å². The summed E-state index contributed by atoms with van der Waals surface area (Å²) in [6, 6.07) is 12.6. The van der Waals surface area contributed by atoms with E-state index >= 15 is 0 Å². The topological polar surface area (TPSA) is 105 Å². The number of rotatable bonds is 5. The molecule has 0 unspecified atom stereocenters. The second-order valence-corrected chi connectivity index (χ2v) is 7.30. The molecular formula is C22H20N4O4. The maximum atomic E-state index is 12.9. The predicted molar refractivity (Wildman–Crippen MR) is 110 cm³/mol. The summed E-state index contributed by atoms with van der Waals surface area (Å²) in [4.78, 5) is 25.2. The van der Waals surface area contributed by atoms with Crippen LogP contribution in [0.25, 0.3) is 11.3 Å². The van der Waals surface area contributed by atoms with Crippen LogP contribution in [0.3, 0.4) is 0 Å². The molecule has 3 aromatic rings. The molecule has 30 heavy (non-hydrogen) atoms. The van der Waals surface area contributed by atoms with E-state index in [1.165, 1.54) is 6.20 Å². The maximum Gasteiger partial charge on any atom is 0.259 e. The number of carbonyl (C=O) groups is 2. The van der Waals surface area contributed by atoms with Gasteiger partial charge in [0.15, 0.2) is 11.5 Å². The molecule has 152 valence electrons. The molecule has 8 nitrogen and oxygen atoms in total. The Bertz CT molecular complexity index is 1120. The van der Waals surface area contributed by atoms with Crippen LogP contribution in [0, 0.1) is 0 Å². The van der Waals surface area contributed by atoms with Crippen LogP contribution in [0.15, 0.2) is 48.7 Å². The van der Waals surface area contributed by atoms with E-state index in [4.69, 9.17) is 9.47 Å². The van der Waals surface area contributed by atoms with Crippen molar-refractivity contribution in [3.05, 3.63) is 59.8 Å². The Morgan fingerprint density at radius 1 is 1.00 bits per heavy atom. The van der Waals surface area contributed by atoms with Gasteiger partial charge in [-0.15, -0.1) is 0 Å². The van der Waals surface area contributed by atoms with E-state index in [2.05, 4.69) is 20.8 Å². The van der Waals surface area contributed by atoms with Crippen LogP contribution in [0.2, 0.25) is 0 Å². The molecule has 1 aliphatic heterocycles. The zero-order valence-corrected chi connectivity index (χ0v) is 16.1. The summed E-state index contributed by atoms with van der Waals surface area (Å²) in [7, 11) is 0. The number of hydrogen-bond donors (Lipinski definition) is 3. The Kier molecular flexibility index (Phi) is 4.59. The lowest BCUT2D eigenvalue weighted by Crippen LogP contribution is -2.25. The van der Waals surface area contributed by atoms with E-state index in [9.17, 15) is 9.59 Å². The number of ether oxygens (including phenoxy) is 2. The molecule has 1 saturated carbocycles. The number of aromatic amines is 1. The van der Waals surface area contributed by atoms with E-state index in [0.29, 0.717) is 47.2 Å². The third-order valence-corrected chi connectivity index (χ3v) is 5.01. The van der Waals surface area contributed by atoms with Gasteiger partial charge in [0.1, 0.15) is 13.2 Å². The molecule has 3 N–H and O–H groups in total. The van der Waals surface area contributed by atoms with Gasteiger partial charge in [0, 0.05) is 22.9 Å². The molecule has 2 amide bonds. The first kappa shape index (κ1) is 18.2. The number of aromatic nitrogens is 2. The number of benzene rings is 2. The lowest BCUT2D eigenvalue weighted by molar-refractivity contribution is 0.0949. The van der Waals surface area contributed by atoms with Gasteiger partial charge in [-0.1, -0.05) is 6.07 Å². The maximum absolute atomic E-state index is 12.9. The summed E-state index contributed by atoms with van der Waals surface area (Å²) in [5.74, 6) is 0.855. The molecule has 0 bridgehead atoms. The minimum absolute atomic E-state index is 0.131. The Balaban J connectivity index is 1.35. The summed E-state index contributed by atoms with van der Waals surface area (Å²) in [6.45, 7) is 0.999. The number of hydrogen-bond acceptors (Lipinski definition) is 5. The van der Waals surface area contributed by atoms with Crippen molar-refractivity contribution in [2.75, 3.05) is 18.5 Å². The van der Waals surface area contributed by atoms with Crippen molar-refractivity contribution < 1.29 is 19.1 Å². The van der Waals surface area contributed by atoms with Crippen LogP contribution in [0.4, 0.5) is 5.69 Å². The fourth-order valence-corrected chi connectivity index (χ4v) is 3.31. The molecule has 2 heterocycles. The van der Waals surface area contributed by atoms with Gasteiger partial charge in [0.2, 0.25) is 0 Å². The number of nitrogens with zero attached hydrogens (tertiary/aromatic N) is 1. The van der Waals surface area contributed by atoms with E-state index in [1.54, 1.807) is 24.3 Å². The smallest absolute Gasteiger partial charge is 0.259 e. The largest absolute Gasteiger partial charge is 0.486 e. The summed E-state index contributed by atoms with van der Waals surface area (Å²) >= 11 is 0. The molecule has 5 rings (SSSR count). The van der Waals surface area contributed by atoms with Crippen LogP contribution in [-0.2, 0) is 0 Å². The van der Waals surface area contributed by atoms with Crippen LogP contribution in [0.5, 0.6) is 11.5 Å². The lowest BCUT2D eigenvalue weighted by Gasteiger charge is -2.18. The zero-order chi connectivity index (χ0) is 20.5. The molecule has 2 aromatic carbocycles. The van der Waals surface area contributed by atoms with Gasteiger partial charge in [-0.05, 0) is 49.2 Å². The fraction of sp³-hybridized carbons (Fsp3) is 0.227. The number of carbonyl (C=O) groups excluding carboxylic acids is 2. The minimum Gasteiger partial charge on any atom is -0.486 e. The summed E-state index contributed by atoms with van der Waals surface area (Å²) in [5.41, 5.74) is 2.78.